The Morgan fingerprint density at radius 1 is 1.00 bits per heavy atom. The van der Waals surface area contributed by atoms with E-state index in [0.29, 0.717) is 23.6 Å². The fraction of sp³-hybridized carbons (Fsp3) is 0.174. The molecule has 0 aromatic heterocycles. The maximum Gasteiger partial charge on any atom is 0.335 e. The Balaban J connectivity index is 1.82. The highest BCUT2D eigenvalue weighted by molar-refractivity contribution is 7.92. The van der Waals surface area contributed by atoms with Crippen LogP contribution in [-0.2, 0) is 16.6 Å². The molecule has 0 bridgehead atoms. The second-order valence-electron chi connectivity index (χ2n) is 6.72. The van der Waals surface area contributed by atoms with Crippen molar-refractivity contribution in [3.8, 4) is 5.75 Å². The summed E-state index contributed by atoms with van der Waals surface area (Å²) in [6, 6.07) is 20.7. The van der Waals surface area contributed by atoms with Crippen LogP contribution in [0.2, 0.25) is 0 Å². The molecule has 7 heteroatoms. The van der Waals surface area contributed by atoms with Gasteiger partial charge >= 0.3 is 5.97 Å². The quantitative estimate of drug-likeness (QED) is 0.575. The molecule has 30 heavy (non-hydrogen) atoms. The molecule has 3 rings (SSSR count). The third-order valence-electron chi connectivity index (χ3n) is 4.69. The van der Waals surface area contributed by atoms with Crippen LogP contribution in [0.1, 0.15) is 28.4 Å². The summed E-state index contributed by atoms with van der Waals surface area (Å²) in [5.41, 5.74) is 1.98. The van der Waals surface area contributed by atoms with E-state index in [1.807, 2.05) is 30.3 Å². The van der Waals surface area contributed by atoms with Gasteiger partial charge in [-0.1, -0.05) is 36.4 Å². The summed E-state index contributed by atoms with van der Waals surface area (Å²) < 4.78 is 33.3. The van der Waals surface area contributed by atoms with Crippen LogP contribution in [0.5, 0.6) is 5.75 Å². The van der Waals surface area contributed by atoms with Gasteiger partial charge in [-0.15, -0.1) is 0 Å². The van der Waals surface area contributed by atoms with Gasteiger partial charge in [0.25, 0.3) is 10.0 Å². The van der Waals surface area contributed by atoms with Gasteiger partial charge in [0.2, 0.25) is 0 Å². The van der Waals surface area contributed by atoms with Crippen molar-refractivity contribution in [1.29, 1.82) is 0 Å². The number of hydrogen-bond acceptors (Lipinski definition) is 4. The first kappa shape index (κ1) is 21.4. The van der Waals surface area contributed by atoms with Gasteiger partial charge in [-0.05, 0) is 61.4 Å². The third-order valence-corrected chi connectivity index (χ3v) is 6.59. The van der Waals surface area contributed by atoms with Crippen molar-refractivity contribution < 1.29 is 23.1 Å². The van der Waals surface area contributed by atoms with Gasteiger partial charge in [0, 0.05) is 6.54 Å². The van der Waals surface area contributed by atoms with Gasteiger partial charge in [0.05, 0.1) is 16.1 Å². The molecule has 0 heterocycles. The average molecular weight is 426 g/mol. The second kappa shape index (κ2) is 9.00. The standard InChI is InChI=1S/C23H23NO5S/c1-3-24(30(27,28)21-14-9-17(2)22(15-21)23(25)26)19-10-12-20(13-11-19)29-16-18-7-5-4-6-8-18/h4-15H,3,16H2,1-2H3,(H,25,26). The Bertz CT molecular complexity index is 1130. The van der Waals surface area contributed by atoms with Gasteiger partial charge in [-0.25, -0.2) is 13.2 Å². The molecule has 0 saturated carbocycles. The zero-order valence-electron chi connectivity index (χ0n) is 16.8. The average Bonchev–Trinajstić information content (AvgIpc) is 2.74. The molecular weight excluding hydrogens is 402 g/mol. The molecule has 3 aromatic rings. The molecule has 0 spiro atoms. The van der Waals surface area contributed by atoms with Crippen molar-refractivity contribution in [2.24, 2.45) is 0 Å². The van der Waals surface area contributed by atoms with E-state index in [1.165, 1.54) is 22.5 Å². The summed E-state index contributed by atoms with van der Waals surface area (Å²) >= 11 is 0. The molecule has 1 N–H and O–H groups in total. The number of hydrogen-bond donors (Lipinski definition) is 1. The predicted molar refractivity (Wildman–Crippen MR) is 116 cm³/mol. The topological polar surface area (TPSA) is 83.9 Å². The van der Waals surface area contributed by atoms with Crippen LogP contribution in [0.4, 0.5) is 5.69 Å². The number of carboxylic acid groups (broad SMARTS) is 1. The van der Waals surface area contributed by atoms with Crippen LogP contribution in [0.3, 0.4) is 0 Å². The number of anilines is 1. The number of carbonyl (C=O) groups is 1. The molecule has 0 amide bonds. The lowest BCUT2D eigenvalue weighted by Crippen LogP contribution is -2.31. The Morgan fingerprint density at radius 3 is 2.27 bits per heavy atom. The summed E-state index contributed by atoms with van der Waals surface area (Å²) in [6.07, 6.45) is 0. The van der Waals surface area contributed by atoms with E-state index < -0.39 is 16.0 Å². The van der Waals surface area contributed by atoms with E-state index in [9.17, 15) is 18.3 Å². The zero-order valence-corrected chi connectivity index (χ0v) is 17.6. The van der Waals surface area contributed by atoms with Crippen LogP contribution >= 0.6 is 0 Å². The lowest BCUT2D eigenvalue weighted by atomic mass is 10.1. The number of aryl methyl sites for hydroxylation is 1. The van der Waals surface area contributed by atoms with Gasteiger partial charge in [-0.3, -0.25) is 4.31 Å². The number of benzene rings is 3. The fourth-order valence-electron chi connectivity index (χ4n) is 3.06. The van der Waals surface area contributed by atoms with Gasteiger partial charge in [0.1, 0.15) is 12.4 Å². The van der Waals surface area contributed by atoms with Crippen LogP contribution in [0.25, 0.3) is 0 Å². The van der Waals surface area contributed by atoms with Crippen molar-refractivity contribution >= 4 is 21.7 Å². The van der Waals surface area contributed by atoms with Crippen molar-refractivity contribution in [3.63, 3.8) is 0 Å². The second-order valence-corrected chi connectivity index (χ2v) is 8.58. The highest BCUT2D eigenvalue weighted by Crippen LogP contribution is 2.27. The maximum absolute atomic E-state index is 13.1. The highest BCUT2D eigenvalue weighted by Gasteiger charge is 2.25. The molecule has 156 valence electrons. The molecule has 0 aliphatic heterocycles. The predicted octanol–water partition coefficient (Wildman–Crippen LogP) is 4.49. The zero-order chi connectivity index (χ0) is 21.7. The number of carboxylic acids is 1. The minimum atomic E-state index is -3.92. The molecule has 0 radical (unpaired) electrons. The van der Waals surface area contributed by atoms with Crippen molar-refractivity contribution in [2.45, 2.75) is 25.3 Å². The monoisotopic (exact) mass is 425 g/mol. The molecule has 3 aromatic carbocycles. The first-order valence-electron chi connectivity index (χ1n) is 9.46. The Labute approximate surface area is 176 Å². The first-order chi connectivity index (χ1) is 14.3. The van der Waals surface area contributed by atoms with Gasteiger partial charge in [-0.2, -0.15) is 0 Å². The molecule has 0 fully saturated rings. The van der Waals surface area contributed by atoms with E-state index in [4.69, 9.17) is 4.74 Å². The fourth-order valence-corrected chi connectivity index (χ4v) is 4.56. The molecule has 6 nitrogen and oxygen atoms in total. The van der Waals surface area contributed by atoms with Crippen LogP contribution in [0.15, 0.2) is 77.7 Å². The van der Waals surface area contributed by atoms with Gasteiger partial charge in [0.15, 0.2) is 0 Å². The largest absolute Gasteiger partial charge is 0.489 e. The Morgan fingerprint density at radius 2 is 1.67 bits per heavy atom. The summed E-state index contributed by atoms with van der Waals surface area (Å²) in [5, 5.41) is 9.31. The number of aromatic carboxylic acids is 1. The van der Waals surface area contributed by atoms with Crippen molar-refractivity contribution in [2.75, 3.05) is 10.8 Å². The van der Waals surface area contributed by atoms with E-state index in [2.05, 4.69) is 0 Å². The normalized spacial score (nSPS) is 11.1. The Kier molecular flexibility index (Phi) is 6.42. The molecule has 0 saturated heterocycles. The minimum Gasteiger partial charge on any atom is -0.489 e. The lowest BCUT2D eigenvalue weighted by Gasteiger charge is -2.23. The highest BCUT2D eigenvalue weighted by atomic mass is 32.2. The minimum absolute atomic E-state index is 0.0308. The summed E-state index contributed by atoms with van der Waals surface area (Å²) in [5.74, 6) is -0.535. The van der Waals surface area contributed by atoms with Crippen LogP contribution < -0.4 is 9.04 Å². The molecule has 0 unspecified atom stereocenters. The van der Waals surface area contributed by atoms with E-state index >= 15 is 0 Å². The number of sulfonamides is 1. The number of ether oxygens (including phenoxy) is 1. The molecule has 0 atom stereocenters. The van der Waals surface area contributed by atoms with E-state index in [0.717, 1.165) is 5.56 Å². The smallest absolute Gasteiger partial charge is 0.335 e. The summed E-state index contributed by atoms with van der Waals surface area (Å²) in [4.78, 5) is 11.3. The Hall–Kier alpha value is -3.32. The first-order valence-corrected chi connectivity index (χ1v) is 10.9. The summed E-state index contributed by atoms with van der Waals surface area (Å²) in [7, 11) is -3.92. The maximum atomic E-state index is 13.1. The van der Waals surface area contributed by atoms with Gasteiger partial charge < -0.3 is 9.84 Å². The van der Waals surface area contributed by atoms with Crippen molar-refractivity contribution in [3.05, 3.63) is 89.5 Å². The molecule has 0 aliphatic rings. The number of rotatable bonds is 8. The third kappa shape index (κ3) is 4.63. The molecule has 0 aliphatic carbocycles. The molecular formula is C23H23NO5S. The van der Waals surface area contributed by atoms with E-state index in [-0.39, 0.29) is 17.0 Å². The van der Waals surface area contributed by atoms with Crippen LogP contribution in [0, 0.1) is 6.92 Å². The summed E-state index contributed by atoms with van der Waals surface area (Å²) in [6.45, 7) is 3.97. The number of nitrogens with zero attached hydrogens (tertiary/aromatic N) is 1. The van der Waals surface area contributed by atoms with Crippen LogP contribution in [-0.4, -0.2) is 26.0 Å². The van der Waals surface area contributed by atoms with Crippen molar-refractivity contribution in [1.82, 2.24) is 0 Å². The SMILES string of the molecule is CCN(c1ccc(OCc2ccccc2)cc1)S(=O)(=O)c1ccc(C)c(C(=O)O)c1. The lowest BCUT2D eigenvalue weighted by molar-refractivity contribution is 0.0696. The van der Waals surface area contributed by atoms with E-state index in [1.54, 1.807) is 38.1 Å².